The van der Waals surface area contributed by atoms with Crippen molar-refractivity contribution in [1.82, 2.24) is 14.0 Å². The summed E-state index contributed by atoms with van der Waals surface area (Å²) in [7, 11) is -1.94. The van der Waals surface area contributed by atoms with E-state index in [0.717, 1.165) is 12.8 Å². The van der Waals surface area contributed by atoms with Crippen LogP contribution in [0.4, 0.5) is 0 Å². The minimum atomic E-state index is -3.44. The van der Waals surface area contributed by atoms with E-state index in [1.807, 2.05) is 13.8 Å². The molecule has 1 aromatic heterocycles. The fourth-order valence-corrected chi connectivity index (χ4v) is 3.82. The maximum absolute atomic E-state index is 12.3. The Morgan fingerprint density at radius 3 is 2.77 bits per heavy atom. The summed E-state index contributed by atoms with van der Waals surface area (Å²) < 4.78 is 31.8. The van der Waals surface area contributed by atoms with E-state index in [-0.39, 0.29) is 12.3 Å². The quantitative estimate of drug-likeness (QED) is 0.765. The Kier molecular flexibility index (Phi) is 7.02. The molecule has 0 N–H and O–H groups in total. The molecule has 0 aliphatic carbocycles. The van der Waals surface area contributed by atoms with E-state index in [2.05, 4.69) is 16.3 Å². The second kappa shape index (κ2) is 8.28. The summed E-state index contributed by atoms with van der Waals surface area (Å²) in [4.78, 5) is 11.7. The van der Waals surface area contributed by atoms with Crippen LogP contribution in [0, 0.1) is 0 Å². The zero-order valence-electron chi connectivity index (χ0n) is 13.5. The normalized spacial score (nSPS) is 18.1. The fraction of sp³-hybridized carbons (Fsp3) is 0.714. The third-order valence-corrected chi connectivity index (χ3v) is 5.43. The number of sulfonamides is 1. The highest BCUT2D eigenvalue weighted by atomic mass is 32.2. The largest absolute Gasteiger partial charge is 0.441 e. The number of aromatic nitrogens is 2. The summed E-state index contributed by atoms with van der Waals surface area (Å²) in [5, 5.41) is 3.73. The van der Waals surface area contributed by atoms with E-state index in [9.17, 15) is 13.2 Å². The first-order valence-corrected chi connectivity index (χ1v) is 9.18. The lowest BCUT2D eigenvalue weighted by Gasteiger charge is -2.20. The molecule has 1 aliphatic rings. The third-order valence-electron chi connectivity index (χ3n) is 3.52. The summed E-state index contributed by atoms with van der Waals surface area (Å²) in [5.74, 6) is -0.154. The first-order valence-electron chi connectivity index (χ1n) is 7.57. The van der Waals surface area contributed by atoms with Crippen molar-refractivity contribution in [3.63, 3.8) is 0 Å². The van der Waals surface area contributed by atoms with Crippen molar-refractivity contribution < 1.29 is 12.9 Å². The number of rotatable bonds is 5. The zero-order chi connectivity index (χ0) is 16.8. The van der Waals surface area contributed by atoms with Gasteiger partial charge in [-0.15, -0.1) is 6.58 Å². The number of likely N-dealkylation sites (N-methyl/N-ethyl adjacent to an activating group) is 1. The van der Waals surface area contributed by atoms with Crippen LogP contribution in [-0.2, 0) is 16.4 Å². The molecule has 0 saturated carbocycles. The molecule has 1 unspecified atom stereocenters. The lowest BCUT2D eigenvalue weighted by atomic mass is 10.1. The molecule has 8 heteroatoms. The maximum atomic E-state index is 12.3. The average Bonchev–Trinajstić information content (AvgIpc) is 2.73. The van der Waals surface area contributed by atoms with Gasteiger partial charge >= 0.3 is 5.76 Å². The predicted molar refractivity (Wildman–Crippen MR) is 85.3 cm³/mol. The molecule has 0 fully saturated rings. The van der Waals surface area contributed by atoms with Gasteiger partial charge in [0.25, 0.3) is 0 Å². The van der Waals surface area contributed by atoms with Crippen LogP contribution in [0.5, 0.6) is 0 Å². The zero-order valence-corrected chi connectivity index (χ0v) is 14.3. The second-order valence-corrected chi connectivity index (χ2v) is 7.10. The molecule has 0 amide bonds. The monoisotopic (exact) mass is 331 g/mol. The lowest BCUT2D eigenvalue weighted by Crippen LogP contribution is -2.35. The van der Waals surface area contributed by atoms with Crippen LogP contribution in [-0.4, -0.2) is 41.8 Å². The van der Waals surface area contributed by atoms with Crippen LogP contribution in [0.25, 0.3) is 0 Å². The van der Waals surface area contributed by atoms with Crippen molar-refractivity contribution in [3.8, 4) is 0 Å². The van der Waals surface area contributed by atoms with Gasteiger partial charge < -0.3 is 0 Å². The smallest absolute Gasteiger partial charge is 0.296 e. The van der Waals surface area contributed by atoms with E-state index in [0.29, 0.717) is 18.7 Å². The predicted octanol–water partition coefficient (Wildman–Crippen LogP) is 1.58. The van der Waals surface area contributed by atoms with Crippen LogP contribution < -0.4 is 5.76 Å². The number of fused-ring (bicyclic) bond motifs is 1. The van der Waals surface area contributed by atoms with Gasteiger partial charge in [-0.25, -0.2) is 17.5 Å². The van der Waals surface area contributed by atoms with Crippen LogP contribution in [0.1, 0.15) is 45.0 Å². The molecule has 0 bridgehead atoms. The Hall–Kier alpha value is -1.41. The highest BCUT2D eigenvalue weighted by Gasteiger charge is 2.29. The Balaban J connectivity index is 0.00000116. The van der Waals surface area contributed by atoms with Crippen molar-refractivity contribution in [2.45, 2.75) is 45.6 Å². The minimum Gasteiger partial charge on any atom is -0.296 e. The SMILES string of the molecule is C=CCN(C)S(=O)(=O)CC1CCCCc2noc(=O)n21.CC. The topological polar surface area (TPSA) is 85.4 Å². The highest BCUT2D eigenvalue weighted by molar-refractivity contribution is 7.89. The summed E-state index contributed by atoms with van der Waals surface area (Å²) in [6, 6.07) is -0.413. The van der Waals surface area contributed by atoms with Crippen molar-refractivity contribution in [3.05, 3.63) is 29.0 Å². The molecule has 2 rings (SSSR count). The van der Waals surface area contributed by atoms with Gasteiger partial charge in [0, 0.05) is 20.0 Å². The molecule has 0 saturated heterocycles. The van der Waals surface area contributed by atoms with Gasteiger partial charge in [-0.3, -0.25) is 9.09 Å². The maximum Gasteiger partial charge on any atom is 0.441 e. The molecule has 1 atom stereocenters. The van der Waals surface area contributed by atoms with Crippen LogP contribution in [0.2, 0.25) is 0 Å². The Bertz CT molecular complexity index is 633. The molecule has 126 valence electrons. The Morgan fingerprint density at radius 2 is 2.14 bits per heavy atom. The lowest BCUT2D eigenvalue weighted by molar-refractivity contribution is 0.357. The molecule has 0 spiro atoms. The van der Waals surface area contributed by atoms with Crippen LogP contribution >= 0.6 is 0 Å². The van der Waals surface area contributed by atoms with Crippen molar-refractivity contribution in [1.29, 1.82) is 0 Å². The summed E-state index contributed by atoms with van der Waals surface area (Å²) >= 11 is 0. The fourth-order valence-electron chi connectivity index (χ4n) is 2.43. The van der Waals surface area contributed by atoms with Gasteiger partial charge in [0.15, 0.2) is 5.82 Å². The van der Waals surface area contributed by atoms with Crippen LogP contribution in [0.15, 0.2) is 22.0 Å². The van der Waals surface area contributed by atoms with Crippen molar-refractivity contribution in [2.75, 3.05) is 19.3 Å². The standard InChI is InChI=1S/C12H19N3O4S.C2H6/c1-3-8-14(2)20(17,18)9-10-6-4-5-7-11-13-19-12(16)15(10)11;1-2/h3,10H,1,4-9H2,2H3;1-2H3. The van der Waals surface area contributed by atoms with Crippen molar-refractivity contribution >= 4 is 10.0 Å². The van der Waals surface area contributed by atoms with Gasteiger partial charge in [-0.05, 0) is 12.8 Å². The molecule has 7 nitrogen and oxygen atoms in total. The molecule has 1 aliphatic heterocycles. The molecule has 2 heterocycles. The number of hydrogen-bond acceptors (Lipinski definition) is 5. The molecule has 0 radical (unpaired) electrons. The Morgan fingerprint density at radius 1 is 1.45 bits per heavy atom. The number of aryl methyl sites for hydroxylation is 1. The molecule has 1 aromatic rings. The third kappa shape index (κ3) is 4.30. The number of nitrogens with zero attached hydrogens (tertiary/aromatic N) is 3. The number of hydrogen-bond donors (Lipinski definition) is 0. The average molecular weight is 331 g/mol. The van der Waals surface area contributed by atoms with Gasteiger partial charge in [0.2, 0.25) is 10.0 Å². The van der Waals surface area contributed by atoms with Gasteiger partial charge in [-0.1, -0.05) is 31.5 Å². The molecular weight excluding hydrogens is 306 g/mol. The van der Waals surface area contributed by atoms with E-state index in [1.54, 1.807) is 0 Å². The van der Waals surface area contributed by atoms with Crippen molar-refractivity contribution in [2.24, 2.45) is 0 Å². The van der Waals surface area contributed by atoms with Crippen LogP contribution in [0.3, 0.4) is 0 Å². The second-order valence-electron chi connectivity index (χ2n) is 4.98. The highest BCUT2D eigenvalue weighted by Crippen LogP contribution is 2.23. The van der Waals surface area contributed by atoms with Gasteiger partial charge in [-0.2, -0.15) is 0 Å². The molecule has 22 heavy (non-hydrogen) atoms. The van der Waals surface area contributed by atoms with E-state index in [1.165, 1.54) is 22.0 Å². The van der Waals surface area contributed by atoms with Gasteiger partial charge in [0.05, 0.1) is 11.8 Å². The van der Waals surface area contributed by atoms with Gasteiger partial charge in [0.1, 0.15) is 0 Å². The first kappa shape index (κ1) is 18.6. The molecule has 0 aromatic carbocycles. The van der Waals surface area contributed by atoms with E-state index >= 15 is 0 Å². The van der Waals surface area contributed by atoms with E-state index in [4.69, 9.17) is 0 Å². The first-order chi connectivity index (χ1) is 10.5. The summed E-state index contributed by atoms with van der Waals surface area (Å²) in [6.07, 6.45) is 4.56. The summed E-state index contributed by atoms with van der Waals surface area (Å²) in [5.41, 5.74) is 0. The molecular formula is C14H25N3O4S. The Labute approximate surface area is 131 Å². The minimum absolute atomic E-state index is 0.120. The van der Waals surface area contributed by atoms with E-state index < -0.39 is 21.8 Å². The summed E-state index contributed by atoms with van der Waals surface area (Å²) in [6.45, 7) is 7.78.